The van der Waals surface area contributed by atoms with E-state index in [-0.39, 0.29) is 0 Å². The third-order valence-electron chi connectivity index (χ3n) is 1.54. The molecule has 11 heavy (non-hydrogen) atoms. The van der Waals surface area contributed by atoms with Crippen molar-refractivity contribution in [3.8, 4) is 0 Å². The van der Waals surface area contributed by atoms with Crippen LogP contribution in [0.4, 0.5) is 0 Å². The molecule has 66 valence electrons. The Morgan fingerprint density at radius 1 is 1.36 bits per heavy atom. The van der Waals surface area contributed by atoms with Crippen LogP contribution < -0.4 is 0 Å². The zero-order chi connectivity index (χ0) is 9.11. The van der Waals surface area contributed by atoms with Gasteiger partial charge in [-0.1, -0.05) is 39.5 Å². The number of hydrogen-bond donors (Lipinski definition) is 0. The molecule has 0 aromatic carbocycles. The maximum atomic E-state index is 8.50. The van der Waals surface area contributed by atoms with Crippen molar-refractivity contribution in [3.05, 3.63) is 6.92 Å². The van der Waals surface area contributed by atoms with Gasteiger partial charge in [0.15, 0.2) is 0 Å². The van der Waals surface area contributed by atoms with Gasteiger partial charge in [-0.15, -0.1) is 0 Å². The van der Waals surface area contributed by atoms with Gasteiger partial charge in [-0.2, -0.15) is 5.92 Å². The molecule has 0 aromatic heterocycles. The van der Waals surface area contributed by atoms with Crippen LogP contribution in [0.25, 0.3) is 0 Å². The van der Waals surface area contributed by atoms with Crippen molar-refractivity contribution in [2.45, 2.75) is 39.5 Å². The summed E-state index contributed by atoms with van der Waals surface area (Å²) in [6.45, 7) is 8.42. The molecular weight excluding hydrogens is 176 g/mol. The van der Waals surface area contributed by atoms with Gasteiger partial charge in [-0.05, 0) is 0 Å². The zero-order valence-corrected chi connectivity index (χ0v) is 8.99. The summed E-state index contributed by atoms with van der Waals surface area (Å²) >= 11 is -2.00. The van der Waals surface area contributed by atoms with Gasteiger partial charge in [-0.25, -0.2) is 0 Å². The Labute approximate surface area is 78.3 Å². The van der Waals surface area contributed by atoms with Crippen LogP contribution in [0.2, 0.25) is 0 Å². The predicted octanol–water partition coefficient (Wildman–Crippen LogP) is 2.80. The van der Waals surface area contributed by atoms with Gasteiger partial charge in [0.25, 0.3) is 0 Å². The molecule has 3 heteroatoms. The average molecular weight is 193 g/mol. The molecule has 0 saturated carbocycles. The quantitative estimate of drug-likeness (QED) is 0.508. The molecule has 0 aliphatic heterocycles. The third-order valence-corrected chi connectivity index (χ3v) is 1.54. The van der Waals surface area contributed by atoms with E-state index >= 15 is 0 Å². The van der Waals surface area contributed by atoms with Crippen LogP contribution >= 0.6 is 0 Å². The molecule has 0 heterocycles. The van der Waals surface area contributed by atoms with Gasteiger partial charge in [0.2, 0.25) is 0 Å². The first-order valence-electron chi connectivity index (χ1n) is 4.05. The van der Waals surface area contributed by atoms with E-state index in [0.717, 1.165) is 0 Å². The second-order valence-electron chi connectivity index (χ2n) is 2.50. The minimum atomic E-state index is -2.00. The first kappa shape index (κ1) is 13.9. The van der Waals surface area contributed by atoms with E-state index in [0.29, 0.717) is 5.92 Å². The van der Waals surface area contributed by atoms with Crippen LogP contribution in [0, 0.1) is 12.8 Å². The molecule has 0 aliphatic rings. The molecule has 0 saturated heterocycles. The van der Waals surface area contributed by atoms with Crippen molar-refractivity contribution in [1.82, 2.24) is 0 Å². The van der Waals surface area contributed by atoms with E-state index in [4.69, 9.17) is 6.65 Å². The standard InChI is InChI=1S/C8H17.2O.Ti/c1-4-6-7-8(3)5-2;;;/h8H,3-7H2,1-2H3;;;/q-1;;;. The van der Waals surface area contributed by atoms with E-state index in [1.807, 2.05) is 0 Å². The van der Waals surface area contributed by atoms with E-state index in [2.05, 4.69) is 20.8 Å². The number of unbranched alkanes of at least 4 members (excludes halogenated alkanes) is 1. The molecule has 1 atom stereocenters. The molecule has 0 fully saturated rings. The van der Waals surface area contributed by atoms with Crippen molar-refractivity contribution in [2.75, 3.05) is 0 Å². The van der Waals surface area contributed by atoms with Gasteiger partial charge < -0.3 is 6.92 Å². The van der Waals surface area contributed by atoms with Crippen molar-refractivity contribution in [3.63, 3.8) is 0 Å². The summed E-state index contributed by atoms with van der Waals surface area (Å²) in [6, 6.07) is 0. The summed E-state index contributed by atoms with van der Waals surface area (Å²) < 4.78 is 17.0. The van der Waals surface area contributed by atoms with Crippen LogP contribution in [0.1, 0.15) is 39.5 Å². The summed E-state index contributed by atoms with van der Waals surface area (Å²) in [5.74, 6) is 0.704. The minimum absolute atomic E-state index is 0.704. The Balaban J connectivity index is 0. The van der Waals surface area contributed by atoms with Gasteiger partial charge >= 0.3 is 25.7 Å². The second kappa shape index (κ2) is 12.9. The first-order valence-corrected chi connectivity index (χ1v) is 5.32. The average Bonchev–Trinajstić information content (AvgIpc) is 2.02. The van der Waals surface area contributed by atoms with Gasteiger partial charge in [0.05, 0.1) is 0 Å². The van der Waals surface area contributed by atoms with E-state index in [1.165, 1.54) is 25.7 Å². The van der Waals surface area contributed by atoms with Crippen LogP contribution in [-0.2, 0) is 25.7 Å². The Kier molecular flexibility index (Phi) is 16.3. The summed E-state index contributed by atoms with van der Waals surface area (Å²) in [5, 5.41) is 0. The molecule has 1 unspecified atom stereocenters. The maximum absolute atomic E-state index is 8.50. The fourth-order valence-corrected chi connectivity index (χ4v) is 0.697. The van der Waals surface area contributed by atoms with E-state index in [1.54, 1.807) is 0 Å². The van der Waals surface area contributed by atoms with Crippen molar-refractivity contribution in [1.29, 1.82) is 0 Å². The number of hydrogen-bond acceptors (Lipinski definition) is 2. The molecule has 0 rings (SSSR count). The normalized spacial score (nSPS) is 10.8. The molecule has 0 aliphatic carbocycles. The van der Waals surface area contributed by atoms with Crippen molar-refractivity contribution in [2.24, 2.45) is 5.92 Å². The molecule has 0 spiro atoms. The van der Waals surface area contributed by atoms with E-state index < -0.39 is 19.1 Å². The Hall–Kier alpha value is 0.314. The fourth-order valence-electron chi connectivity index (χ4n) is 0.697. The molecule has 0 bridgehead atoms. The molecule has 0 amide bonds. The molecule has 0 N–H and O–H groups in total. The van der Waals surface area contributed by atoms with E-state index in [9.17, 15) is 0 Å². The van der Waals surface area contributed by atoms with Gasteiger partial charge in [-0.3, -0.25) is 0 Å². The van der Waals surface area contributed by atoms with Gasteiger partial charge in [0, 0.05) is 0 Å². The molecule has 0 radical (unpaired) electrons. The molecular formula is C8H17O2Ti-. The molecule has 0 aromatic rings. The van der Waals surface area contributed by atoms with Crippen LogP contribution in [0.15, 0.2) is 0 Å². The Morgan fingerprint density at radius 2 is 1.82 bits per heavy atom. The monoisotopic (exact) mass is 193 g/mol. The first-order chi connectivity index (χ1) is 5.22. The van der Waals surface area contributed by atoms with Crippen molar-refractivity contribution >= 4 is 0 Å². The topological polar surface area (TPSA) is 34.1 Å². The second-order valence-corrected chi connectivity index (χ2v) is 2.76. The summed E-state index contributed by atoms with van der Waals surface area (Å²) in [6.07, 6.45) is 5.21. The predicted molar refractivity (Wildman–Crippen MR) is 40.0 cm³/mol. The van der Waals surface area contributed by atoms with Crippen LogP contribution in [-0.4, -0.2) is 0 Å². The SMILES string of the molecule is [CH2-]C(CC)CCCC.[O]=[Ti]=[O]. The summed E-state index contributed by atoms with van der Waals surface area (Å²) in [4.78, 5) is 0. The third kappa shape index (κ3) is 17.9. The zero-order valence-electron chi connectivity index (χ0n) is 7.43. The Morgan fingerprint density at radius 3 is 2.09 bits per heavy atom. The summed E-state index contributed by atoms with van der Waals surface area (Å²) in [5.41, 5.74) is 0. The molecule has 2 nitrogen and oxygen atoms in total. The fraction of sp³-hybridized carbons (Fsp3) is 0.875. The summed E-state index contributed by atoms with van der Waals surface area (Å²) in [7, 11) is 0. The van der Waals surface area contributed by atoms with Crippen molar-refractivity contribution < 1.29 is 25.7 Å². The van der Waals surface area contributed by atoms with Gasteiger partial charge in [0.1, 0.15) is 0 Å². The number of rotatable bonds is 4. The van der Waals surface area contributed by atoms with Crippen LogP contribution in [0.5, 0.6) is 0 Å². The Bertz CT molecular complexity index is 98.3. The van der Waals surface area contributed by atoms with Crippen LogP contribution in [0.3, 0.4) is 0 Å².